The molecule has 0 saturated heterocycles. The topological polar surface area (TPSA) is 67.9 Å². The third-order valence-electron chi connectivity index (χ3n) is 5.61. The Bertz CT molecular complexity index is 880. The first kappa shape index (κ1) is 26.2. The summed E-state index contributed by atoms with van der Waals surface area (Å²) >= 11 is 0. The molecule has 0 fully saturated rings. The number of carbonyl (C=O) groups excluding carboxylic acids is 2. The van der Waals surface area contributed by atoms with Gasteiger partial charge in [-0.25, -0.2) is 0 Å². The van der Waals surface area contributed by atoms with Crippen LogP contribution in [0.25, 0.3) is 0 Å². The van der Waals surface area contributed by atoms with Crippen LogP contribution < -0.4 is 14.8 Å². The quantitative estimate of drug-likeness (QED) is 0.436. The molecular weight excluding hydrogens is 416 g/mol. The molecule has 2 rings (SSSR count). The summed E-state index contributed by atoms with van der Waals surface area (Å²) in [7, 11) is 1.61. The molecule has 33 heavy (non-hydrogen) atoms. The Labute approximate surface area is 198 Å². The number of carbonyl (C=O) groups is 2. The van der Waals surface area contributed by atoms with Crippen LogP contribution in [-0.4, -0.2) is 43.0 Å². The summed E-state index contributed by atoms with van der Waals surface area (Å²) in [5.41, 5.74) is 2.10. The standard InChI is InChI=1S/C27H38N2O4/c1-6-8-16-28-27(31)25(7-2)29(18-21-10-9-11-24(17-21)32-5)26(30)19-33-23-14-12-22(13-15-23)20(3)4/h9-15,17,20,25H,6-8,16,18-19H2,1-5H3,(H,28,31)/t25-/m0/s1. The minimum absolute atomic E-state index is 0.135. The fraction of sp³-hybridized carbons (Fsp3) is 0.481. The molecule has 1 atom stereocenters. The van der Waals surface area contributed by atoms with E-state index >= 15 is 0 Å². The lowest BCUT2D eigenvalue weighted by atomic mass is 10.0. The number of unbranched alkanes of at least 4 members (excludes halogenated alkanes) is 1. The molecule has 0 heterocycles. The van der Waals surface area contributed by atoms with Gasteiger partial charge >= 0.3 is 0 Å². The van der Waals surface area contributed by atoms with Gasteiger partial charge < -0.3 is 19.7 Å². The molecule has 180 valence electrons. The van der Waals surface area contributed by atoms with Gasteiger partial charge in [0, 0.05) is 13.1 Å². The van der Waals surface area contributed by atoms with Crippen LogP contribution in [0.2, 0.25) is 0 Å². The molecule has 0 unspecified atom stereocenters. The van der Waals surface area contributed by atoms with Crippen LogP contribution >= 0.6 is 0 Å². The van der Waals surface area contributed by atoms with Gasteiger partial charge in [-0.05, 0) is 54.2 Å². The molecule has 1 N–H and O–H groups in total. The minimum atomic E-state index is -0.576. The molecule has 0 radical (unpaired) electrons. The van der Waals surface area contributed by atoms with E-state index in [0.717, 1.165) is 18.4 Å². The lowest BCUT2D eigenvalue weighted by molar-refractivity contribution is -0.143. The number of ether oxygens (including phenoxy) is 2. The minimum Gasteiger partial charge on any atom is -0.497 e. The van der Waals surface area contributed by atoms with E-state index in [1.54, 1.807) is 12.0 Å². The first-order valence-electron chi connectivity index (χ1n) is 11.8. The second-order valence-electron chi connectivity index (χ2n) is 8.45. The second kappa shape index (κ2) is 13.5. The Morgan fingerprint density at radius 2 is 1.76 bits per heavy atom. The second-order valence-corrected chi connectivity index (χ2v) is 8.45. The van der Waals surface area contributed by atoms with Crippen molar-refractivity contribution in [2.45, 2.75) is 65.5 Å². The van der Waals surface area contributed by atoms with Crippen molar-refractivity contribution in [3.8, 4) is 11.5 Å². The molecule has 0 saturated carbocycles. The van der Waals surface area contributed by atoms with Gasteiger partial charge in [-0.2, -0.15) is 0 Å². The van der Waals surface area contributed by atoms with E-state index < -0.39 is 6.04 Å². The summed E-state index contributed by atoms with van der Waals surface area (Å²) in [6, 6.07) is 14.7. The Morgan fingerprint density at radius 3 is 2.36 bits per heavy atom. The highest BCUT2D eigenvalue weighted by Gasteiger charge is 2.29. The average molecular weight is 455 g/mol. The predicted octanol–water partition coefficient (Wildman–Crippen LogP) is 4.92. The number of hydrogen-bond acceptors (Lipinski definition) is 4. The van der Waals surface area contributed by atoms with Crippen molar-refractivity contribution < 1.29 is 19.1 Å². The largest absolute Gasteiger partial charge is 0.497 e. The first-order valence-corrected chi connectivity index (χ1v) is 11.8. The molecule has 0 aromatic heterocycles. The van der Waals surface area contributed by atoms with E-state index in [4.69, 9.17) is 9.47 Å². The molecular formula is C27H38N2O4. The van der Waals surface area contributed by atoms with Crippen molar-refractivity contribution in [1.29, 1.82) is 0 Å². The van der Waals surface area contributed by atoms with Gasteiger partial charge in [-0.1, -0.05) is 58.4 Å². The van der Waals surface area contributed by atoms with Gasteiger partial charge in [0.05, 0.1) is 7.11 Å². The van der Waals surface area contributed by atoms with Gasteiger partial charge in [-0.3, -0.25) is 9.59 Å². The SMILES string of the molecule is CCCCNC(=O)[C@H](CC)N(Cc1cccc(OC)c1)C(=O)COc1ccc(C(C)C)cc1. The van der Waals surface area contributed by atoms with Crippen molar-refractivity contribution in [2.24, 2.45) is 0 Å². The van der Waals surface area contributed by atoms with E-state index in [0.29, 0.717) is 36.9 Å². The Morgan fingerprint density at radius 1 is 1.03 bits per heavy atom. The molecule has 6 heteroatoms. The van der Waals surface area contributed by atoms with Crippen molar-refractivity contribution in [2.75, 3.05) is 20.3 Å². The van der Waals surface area contributed by atoms with Crippen molar-refractivity contribution in [3.63, 3.8) is 0 Å². The summed E-state index contributed by atoms with van der Waals surface area (Å²) in [5, 5.41) is 2.97. The zero-order chi connectivity index (χ0) is 24.2. The number of methoxy groups -OCH3 is 1. The van der Waals surface area contributed by atoms with E-state index in [1.807, 2.05) is 55.5 Å². The number of benzene rings is 2. The van der Waals surface area contributed by atoms with Gasteiger partial charge in [0.25, 0.3) is 5.91 Å². The number of nitrogens with one attached hydrogen (secondary N) is 1. The lowest BCUT2D eigenvalue weighted by Gasteiger charge is -2.30. The van der Waals surface area contributed by atoms with Crippen LogP contribution in [0.5, 0.6) is 11.5 Å². The van der Waals surface area contributed by atoms with Crippen LogP contribution in [0.1, 0.15) is 64.0 Å². The molecule has 2 aromatic rings. The third kappa shape index (κ3) is 8.12. The number of amides is 2. The maximum Gasteiger partial charge on any atom is 0.261 e. The molecule has 0 aliphatic carbocycles. The Hall–Kier alpha value is -3.02. The monoisotopic (exact) mass is 454 g/mol. The van der Waals surface area contributed by atoms with E-state index in [2.05, 4.69) is 26.1 Å². The fourth-order valence-corrected chi connectivity index (χ4v) is 3.57. The van der Waals surface area contributed by atoms with Crippen LogP contribution in [0.15, 0.2) is 48.5 Å². The molecule has 2 aromatic carbocycles. The normalized spacial score (nSPS) is 11.7. The summed E-state index contributed by atoms with van der Waals surface area (Å²) in [6.45, 7) is 9.02. The van der Waals surface area contributed by atoms with Gasteiger partial charge in [0.1, 0.15) is 17.5 Å². The van der Waals surface area contributed by atoms with E-state index in [9.17, 15) is 9.59 Å². The molecule has 6 nitrogen and oxygen atoms in total. The fourth-order valence-electron chi connectivity index (χ4n) is 3.57. The summed E-state index contributed by atoms with van der Waals surface area (Å²) in [5.74, 6) is 1.40. The maximum absolute atomic E-state index is 13.3. The highest BCUT2D eigenvalue weighted by atomic mass is 16.5. The van der Waals surface area contributed by atoms with Crippen molar-refractivity contribution >= 4 is 11.8 Å². The molecule has 0 spiro atoms. The summed E-state index contributed by atoms with van der Waals surface area (Å²) in [6.07, 6.45) is 2.41. The summed E-state index contributed by atoms with van der Waals surface area (Å²) < 4.78 is 11.1. The maximum atomic E-state index is 13.3. The predicted molar refractivity (Wildman–Crippen MR) is 132 cm³/mol. The van der Waals surface area contributed by atoms with Gasteiger partial charge in [0.15, 0.2) is 6.61 Å². The Kier molecular flexibility index (Phi) is 10.7. The van der Waals surface area contributed by atoms with Gasteiger partial charge in [-0.15, -0.1) is 0 Å². The van der Waals surface area contributed by atoms with Gasteiger partial charge in [0.2, 0.25) is 5.91 Å². The smallest absolute Gasteiger partial charge is 0.261 e. The summed E-state index contributed by atoms with van der Waals surface area (Å²) in [4.78, 5) is 27.8. The average Bonchev–Trinajstić information content (AvgIpc) is 2.83. The lowest BCUT2D eigenvalue weighted by Crippen LogP contribution is -2.50. The molecule has 0 aliphatic rings. The van der Waals surface area contributed by atoms with E-state index in [1.165, 1.54) is 5.56 Å². The number of rotatable bonds is 13. The molecule has 2 amide bonds. The zero-order valence-electron chi connectivity index (χ0n) is 20.6. The van der Waals surface area contributed by atoms with Crippen LogP contribution in [0.3, 0.4) is 0 Å². The highest BCUT2D eigenvalue weighted by Crippen LogP contribution is 2.20. The van der Waals surface area contributed by atoms with Crippen molar-refractivity contribution in [1.82, 2.24) is 10.2 Å². The van der Waals surface area contributed by atoms with Crippen molar-refractivity contribution in [3.05, 3.63) is 59.7 Å². The molecule has 0 aliphatic heterocycles. The van der Waals surface area contributed by atoms with Crippen LogP contribution in [0.4, 0.5) is 0 Å². The van der Waals surface area contributed by atoms with Crippen LogP contribution in [0, 0.1) is 0 Å². The van der Waals surface area contributed by atoms with E-state index in [-0.39, 0.29) is 18.4 Å². The highest BCUT2D eigenvalue weighted by molar-refractivity contribution is 5.88. The third-order valence-corrected chi connectivity index (χ3v) is 5.61. The number of nitrogens with zero attached hydrogens (tertiary/aromatic N) is 1. The zero-order valence-corrected chi connectivity index (χ0v) is 20.6. The molecule has 0 bridgehead atoms. The Balaban J connectivity index is 2.18. The number of hydrogen-bond donors (Lipinski definition) is 1. The van der Waals surface area contributed by atoms with Crippen LogP contribution in [-0.2, 0) is 16.1 Å². The first-order chi connectivity index (χ1) is 15.9.